The van der Waals surface area contributed by atoms with E-state index in [9.17, 15) is 4.39 Å². The second-order valence-electron chi connectivity index (χ2n) is 5.66. The van der Waals surface area contributed by atoms with E-state index in [2.05, 4.69) is 59.4 Å². The maximum atomic E-state index is 13.8. The molecule has 112 valence electrons. The molecule has 1 atom stereocenters. The first-order chi connectivity index (χ1) is 9.97. The molecule has 1 unspecified atom stereocenters. The highest BCUT2D eigenvalue weighted by Crippen LogP contribution is 2.22. The van der Waals surface area contributed by atoms with Gasteiger partial charge in [0.1, 0.15) is 5.82 Å². The summed E-state index contributed by atoms with van der Waals surface area (Å²) in [6, 6.07) is 13.6. The molecule has 0 bridgehead atoms. The highest BCUT2D eigenvalue weighted by Gasteiger charge is 2.11. The summed E-state index contributed by atoms with van der Waals surface area (Å²) in [6.45, 7) is 7.08. The molecule has 3 heteroatoms. The Kier molecular flexibility index (Phi) is 5.54. The Morgan fingerprint density at radius 1 is 1.05 bits per heavy atom. The Balaban J connectivity index is 2.00. The van der Waals surface area contributed by atoms with Gasteiger partial charge in [0, 0.05) is 22.6 Å². The predicted octanol–water partition coefficient (Wildman–Crippen LogP) is 5.56. The first-order valence-corrected chi connectivity index (χ1v) is 8.04. The van der Waals surface area contributed by atoms with Gasteiger partial charge in [0.05, 0.1) is 0 Å². The van der Waals surface area contributed by atoms with Crippen LogP contribution in [0.5, 0.6) is 0 Å². The molecule has 0 aliphatic carbocycles. The second-order valence-corrected chi connectivity index (χ2v) is 6.58. The van der Waals surface area contributed by atoms with Gasteiger partial charge in [0.2, 0.25) is 0 Å². The molecule has 0 saturated heterocycles. The number of rotatable bonds is 5. The second kappa shape index (κ2) is 7.19. The van der Waals surface area contributed by atoms with Gasteiger partial charge >= 0.3 is 0 Å². The third-order valence-electron chi connectivity index (χ3n) is 3.68. The smallest absolute Gasteiger partial charge is 0.128 e. The van der Waals surface area contributed by atoms with Gasteiger partial charge in [0.15, 0.2) is 0 Å². The van der Waals surface area contributed by atoms with Crippen LogP contribution >= 0.6 is 15.9 Å². The lowest BCUT2D eigenvalue weighted by Crippen LogP contribution is -2.19. The van der Waals surface area contributed by atoms with E-state index in [1.165, 1.54) is 17.2 Å². The topological polar surface area (TPSA) is 12.0 Å². The quantitative estimate of drug-likeness (QED) is 0.744. The molecule has 0 aliphatic rings. The molecule has 0 amide bonds. The lowest BCUT2D eigenvalue weighted by atomic mass is 10.0. The van der Waals surface area contributed by atoms with E-state index in [0.717, 1.165) is 11.0 Å². The van der Waals surface area contributed by atoms with E-state index in [1.807, 2.05) is 13.0 Å². The average Bonchev–Trinajstić information content (AvgIpc) is 2.47. The molecular formula is C18H21BrFN. The normalized spacial score (nSPS) is 12.7. The van der Waals surface area contributed by atoms with E-state index in [4.69, 9.17) is 0 Å². The van der Waals surface area contributed by atoms with E-state index in [1.54, 1.807) is 6.07 Å². The van der Waals surface area contributed by atoms with Crippen molar-refractivity contribution in [3.05, 3.63) is 69.4 Å². The fourth-order valence-corrected chi connectivity index (χ4v) is 2.63. The average molecular weight is 350 g/mol. The zero-order valence-corrected chi connectivity index (χ0v) is 14.2. The minimum atomic E-state index is -0.173. The van der Waals surface area contributed by atoms with Crippen LogP contribution in [0.15, 0.2) is 46.9 Å². The van der Waals surface area contributed by atoms with Crippen LogP contribution in [0.2, 0.25) is 0 Å². The van der Waals surface area contributed by atoms with Crippen molar-refractivity contribution in [1.29, 1.82) is 0 Å². The largest absolute Gasteiger partial charge is 0.306 e. The standard InChI is InChI=1S/C18H21BrFN/c1-12(2)15-6-4-14(5-7-15)11-21-13(3)17-10-16(19)8-9-18(17)20/h4-10,12-13,21H,11H2,1-3H3. The molecule has 2 aromatic carbocycles. The van der Waals surface area contributed by atoms with Crippen molar-refractivity contribution >= 4 is 15.9 Å². The monoisotopic (exact) mass is 349 g/mol. The van der Waals surface area contributed by atoms with Gasteiger partial charge < -0.3 is 5.32 Å². The fourth-order valence-electron chi connectivity index (χ4n) is 2.25. The summed E-state index contributed by atoms with van der Waals surface area (Å²) in [5, 5.41) is 3.37. The van der Waals surface area contributed by atoms with Crippen LogP contribution in [0.1, 0.15) is 49.4 Å². The van der Waals surface area contributed by atoms with Crippen molar-refractivity contribution in [3.63, 3.8) is 0 Å². The summed E-state index contributed by atoms with van der Waals surface area (Å²) >= 11 is 3.39. The van der Waals surface area contributed by atoms with Gasteiger partial charge in [-0.15, -0.1) is 0 Å². The van der Waals surface area contributed by atoms with Crippen LogP contribution in [-0.4, -0.2) is 0 Å². The minimum Gasteiger partial charge on any atom is -0.306 e. The Morgan fingerprint density at radius 2 is 1.71 bits per heavy atom. The van der Waals surface area contributed by atoms with Crippen molar-refractivity contribution in [2.24, 2.45) is 0 Å². The van der Waals surface area contributed by atoms with Crippen LogP contribution in [-0.2, 0) is 6.54 Å². The third-order valence-corrected chi connectivity index (χ3v) is 4.18. The number of hydrogen-bond acceptors (Lipinski definition) is 1. The first-order valence-electron chi connectivity index (χ1n) is 7.24. The van der Waals surface area contributed by atoms with Crippen molar-refractivity contribution in [1.82, 2.24) is 5.32 Å². The molecule has 0 aromatic heterocycles. The Hall–Kier alpha value is -1.19. The zero-order valence-electron chi connectivity index (χ0n) is 12.7. The minimum absolute atomic E-state index is 0.0349. The molecular weight excluding hydrogens is 329 g/mol. The van der Waals surface area contributed by atoms with E-state index >= 15 is 0 Å². The van der Waals surface area contributed by atoms with Gasteiger partial charge in [-0.05, 0) is 42.2 Å². The number of benzene rings is 2. The highest BCUT2D eigenvalue weighted by atomic mass is 79.9. The van der Waals surface area contributed by atoms with Crippen molar-refractivity contribution in [2.75, 3.05) is 0 Å². The Labute approximate surface area is 134 Å². The summed E-state index contributed by atoms with van der Waals surface area (Å²) in [5.41, 5.74) is 3.23. The molecule has 2 rings (SSSR count). The Bertz CT molecular complexity index is 593. The summed E-state index contributed by atoms with van der Waals surface area (Å²) in [5.74, 6) is 0.370. The number of nitrogens with one attached hydrogen (secondary N) is 1. The summed E-state index contributed by atoms with van der Waals surface area (Å²) in [6.07, 6.45) is 0. The molecule has 0 saturated carbocycles. The van der Waals surface area contributed by atoms with E-state index in [0.29, 0.717) is 11.5 Å². The zero-order chi connectivity index (χ0) is 15.4. The molecule has 0 aliphatic heterocycles. The lowest BCUT2D eigenvalue weighted by molar-refractivity contribution is 0.528. The first kappa shape index (κ1) is 16.2. The van der Waals surface area contributed by atoms with Crippen LogP contribution in [0.4, 0.5) is 4.39 Å². The van der Waals surface area contributed by atoms with Crippen molar-refractivity contribution in [2.45, 2.75) is 39.3 Å². The maximum absolute atomic E-state index is 13.8. The summed E-state index contributed by atoms with van der Waals surface area (Å²) in [4.78, 5) is 0. The Morgan fingerprint density at radius 3 is 2.33 bits per heavy atom. The third kappa shape index (κ3) is 4.39. The maximum Gasteiger partial charge on any atom is 0.128 e. The van der Waals surface area contributed by atoms with Crippen LogP contribution in [0, 0.1) is 5.82 Å². The molecule has 1 nitrogen and oxygen atoms in total. The highest BCUT2D eigenvalue weighted by molar-refractivity contribution is 9.10. The number of hydrogen-bond donors (Lipinski definition) is 1. The molecule has 1 N–H and O–H groups in total. The summed E-state index contributed by atoms with van der Waals surface area (Å²) in [7, 11) is 0. The van der Waals surface area contributed by atoms with Crippen LogP contribution in [0.3, 0.4) is 0 Å². The van der Waals surface area contributed by atoms with Crippen molar-refractivity contribution in [3.8, 4) is 0 Å². The van der Waals surface area contributed by atoms with Crippen LogP contribution in [0.25, 0.3) is 0 Å². The van der Waals surface area contributed by atoms with Gasteiger partial charge in [-0.2, -0.15) is 0 Å². The number of halogens is 2. The molecule has 0 heterocycles. The molecule has 0 spiro atoms. The van der Waals surface area contributed by atoms with Crippen LogP contribution < -0.4 is 5.32 Å². The van der Waals surface area contributed by atoms with E-state index in [-0.39, 0.29) is 11.9 Å². The molecule has 0 fully saturated rings. The lowest BCUT2D eigenvalue weighted by Gasteiger charge is -2.16. The molecule has 2 aromatic rings. The van der Waals surface area contributed by atoms with Gasteiger partial charge in [-0.3, -0.25) is 0 Å². The predicted molar refractivity (Wildman–Crippen MR) is 89.9 cm³/mol. The van der Waals surface area contributed by atoms with Gasteiger partial charge in [-0.25, -0.2) is 4.39 Å². The SMILES string of the molecule is CC(C)c1ccc(CNC(C)c2cc(Br)ccc2F)cc1. The molecule has 0 radical (unpaired) electrons. The fraction of sp³-hybridized carbons (Fsp3) is 0.333. The van der Waals surface area contributed by atoms with E-state index < -0.39 is 0 Å². The van der Waals surface area contributed by atoms with Gasteiger partial charge in [-0.1, -0.05) is 54.0 Å². The van der Waals surface area contributed by atoms with Crippen molar-refractivity contribution < 1.29 is 4.39 Å². The van der Waals surface area contributed by atoms with Gasteiger partial charge in [0.25, 0.3) is 0 Å². The molecule has 21 heavy (non-hydrogen) atoms. The summed E-state index contributed by atoms with van der Waals surface area (Å²) < 4.78 is 14.7.